The monoisotopic (exact) mass is 482 g/mol. The van der Waals surface area contributed by atoms with Crippen LogP contribution in [-0.4, -0.2) is 10.7 Å². The van der Waals surface area contributed by atoms with Gasteiger partial charge < -0.3 is 0 Å². The van der Waals surface area contributed by atoms with Crippen LogP contribution in [0.5, 0.6) is 0 Å². The minimum atomic E-state index is 0.727. The summed E-state index contributed by atoms with van der Waals surface area (Å²) in [6.45, 7) is 12.4. The molecule has 0 unspecified atom stereocenters. The molecular weight excluding hydrogens is 456 g/mol. The lowest BCUT2D eigenvalue weighted by Gasteiger charge is -2.07. The van der Waals surface area contributed by atoms with Gasteiger partial charge in [-0.3, -0.25) is 9.98 Å². The molecular formula is C26H28BrClN2. The number of hydrogen-bond acceptors (Lipinski definition) is 2. The molecule has 30 heavy (non-hydrogen) atoms. The quantitative estimate of drug-likeness (QED) is 0.335. The Morgan fingerprint density at radius 2 is 1.83 bits per heavy atom. The van der Waals surface area contributed by atoms with Gasteiger partial charge in [-0.2, -0.15) is 0 Å². The zero-order chi connectivity index (χ0) is 22.1. The third-order valence-corrected chi connectivity index (χ3v) is 5.45. The Morgan fingerprint density at radius 1 is 1.10 bits per heavy atom. The number of rotatable bonds is 5. The van der Waals surface area contributed by atoms with Gasteiger partial charge >= 0.3 is 0 Å². The molecule has 0 bridgehead atoms. The Kier molecular flexibility index (Phi) is 9.48. The number of aryl methyl sites for hydroxylation is 3. The summed E-state index contributed by atoms with van der Waals surface area (Å²) in [5.41, 5.74) is 7.66. The molecule has 1 aromatic heterocycles. The standard InChI is InChI=1S/C16H15BrN2.C10H13Cl/c1-11-6-7-15(17)9-16(11)13(3)19-12(2)14-5-4-8-18-10-14;1-3-4-9-7-10(11)6-5-8(9)2/h4-10H,2H2,1,3H3;5-7H,3-4H2,1-2H3. The van der Waals surface area contributed by atoms with Crippen molar-refractivity contribution in [3.8, 4) is 0 Å². The van der Waals surface area contributed by atoms with Gasteiger partial charge in [-0.25, -0.2) is 0 Å². The van der Waals surface area contributed by atoms with Crippen molar-refractivity contribution in [2.75, 3.05) is 0 Å². The lowest BCUT2D eigenvalue weighted by Crippen LogP contribution is -1.98. The van der Waals surface area contributed by atoms with Crippen molar-refractivity contribution < 1.29 is 0 Å². The van der Waals surface area contributed by atoms with Crippen LogP contribution in [0.15, 0.2) is 77.0 Å². The van der Waals surface area contributed by atoms with Crippen LogP contribution in [-0.2, 0) is 6.42 Å². The number of aromatic nitrogens is 1. The maximum atomic E-state index is 5.85. The fourth-order valence-electron chi connectivity index (χ4n) is 3.02. The topological polar surface area (TPSA) is 25.2 Å². The molecule has 0 radical (unpaired) electrons. The normalized spacial score (nSPS) is 10.9. The van der Waals surface area contributed by atoms with Crippen molar-refractivity contribution in [3.05, 3.63) is 105 Å². The largest absolute Gasteiger partial charge is 0.264 e. The van der Waals surface area contributed by atoms with Crippen molar-refractivity contribution in [1.82, 2.24) is 4.98 Å². The Hall–Kier alpha value is -2.23. The highest BCUT2D eigenvalue weighted by Gasteiger charge is 2.04. The predicted octanol–water partition coefficient (Wildman–Crippen LogP) is 8.23. The highest BCUT2D eigenvalue weighted by atomic mass is 79.9. The zero-order valence-electron chi connectivity index (χ0n) is 18.0. The van der Waals surface area contributed by atoms with Crippen LogP contribution >= 0.6 is 27.5 Å². The SMILES string of the molecule is C=C(N=C(C)c1cc(Br)ccc1C)c1cccnc1.CCCc1cc(Cl)ccc1C. The summed E-state index contributed by atoms with van der Waals surface area (Å²) >= 11 is 9.34. The van der Waals surface area contributed by atoms with E-state index in [1.54, 1.807) is 12.4 Å². The molecule has 0 fully saturated rings. The summed E-state index contributed by atoms with van der Waals surface area (Å²) < 4.78 is 1.05. The van der Waals surface area contributed by atoms with E-state index in [-0.39, 0.29) is 0 Å². The van der Waals surface area contributed by atoms with Crippen molar-refractivity contribution in [1.29, 1.82) is 0 Å². The summed E-state index contributed by atoms with van der Waals surface area (Å²) in [6.07, 6.45) is 5.83. The van der Waals surface area contributed by atoms with Gasteiger partial charge in [0, 0.05) is 33.2 Å². The maximum Gasteiger partial charge on any atom is 0.0649 e. The Bertz CT molecular complexity index is 1030. The third-order valence-electron chi connectivity index (χ3n) is 4.72. The summed E-state index contributed by atoms with van der Waals surface area (Å²) in [7, 11) is 0. The number of pyridine rings is 1. The first kappa shape index (κ1) is 24.0. The Balaban J connectivity index is 0.000000248. The molecule has 156 valence electrons. The molecule has 2 nitrogen and oxygen atoms in total. The van der Waals surface area contributed by atoms with Gasteiger partial charge in [-0.15, -0.1) is 0 Å². The smallest absolute Gasteiger partial charge is 0.0649 e. The second-order valence-corrected chi connectivity index (χ2v) is 8.52. The zero-order valence-corrected chi connectivity index (χ0v) is 20.4. The molecule has 0 aliphatic heterocycles. The average molecular weight is 484 g/mol. The number of aliphatic imine (C=N–C) groups is 1. The molecule has 2 aromatic carbocycles. The number of hydrogen-bond donors (Lipinski definition) is 0. The molecule has 0 atom stereocenters. The Labute approximate surface area is 193 Å². The number of halogens is 2. The second kappa shape index (κ2) is 11.8. The van der Waals surface area contributed by atoms with Crippen molar-refractivity contribution in [2.45, 2.75) is 40.5 Å². The molecule has 1 heterocycles. The van der Waals surface area contributed by atoms with E-state index in [4.69, 9.17) is 11.6 Å². The van der Waals surface area contributed by atoms with Crippen LogP contribution in [0, 0.1) is 13.8 Å². The van der Waals surface area contributed by atoms with Crippen molar-refractivity contribution >= 4 is 38.9 Å². The molecule has 3 aromatic rings. The highest BCUT2D eigenvalue weighted by molar-refractivity contribution is 9.10. The third kappa shape index (κ3) is 7.23. The lowest BCUT2D eigenvalue weighted by molar-refractivity contribution is 0.913. The van der Waals surface area contributed by atoms with Crippen LogP contribution in [0.25, 0.3) is 5.70 Å². The molecule has 0 amide bonds. The van der Waals surface area contributed by atoms with E-state index in [1.165, 1.54) is 23.1 Å². The van der Waals surface area contributed by atoms with Crippen LogP contribution < -0.4 is 0 Å². The fourth-order valence-corrected chi connectivity index (χ4v) is 3.58. The molecule has 0 aliphatic rings. The van der Waals surface area contributed by atoms with E-state index in [9.17, 15) is 0 Å². The van der Waals surface area contributed by atoms with Crippen molar-refractivity contribution in [2.24, 2.45) is 4.99 Å². The summed E-state index contributed by atoms with van der Waals surface area (Å²) in [5, 5.41) is 0.846. The van der Waals surface area contributed by atoms with Crippen LogP contribution in [0.2, 0.25) is 5.02 Å². The molecule has 0 saturated carbocycles. The summed E-state index contributed by atoms with van der Waals surface area (Å²) in [5.74, 6) is 0. The minimum absolute atomic E-state index is 0.727. The van der Waals surface area contributed by atoms with Gasteiger partial charge in [0.1, 0.15) is 0 Å². The molecule has 0 spiro atoms. The van der Waals surface area contributed by atoms with E-state index in [0.717, 1.165) is 38.5 Å². The van der Waals surface area contributed by atoms with Crippen molar-refractivity contribution in [3.63, 3.8) is 0 Å². The molecule has 0 saturated heterocycles. The molecule has 4 heteroatoms. The lowest BCUT2D eigenvalue weighted by atomic mass is 10.1. The first-order chi connectivity index (χ1) is 14.3. The van der Waals surface area contributed by atoms with Gasteiger partial charge in [0.15, 0.2) is 0 Å². The first-order valence-corrected chi connectivity index (χ1v) is 11.1. The maximum absolute atomic E-state index is 5.85. The number of nitrogens with zero attached hydrogens (tertiary/aromatic N) is 2. The van der Waals surface area contributed by atoms with E-state index < -0.39 is 0 Å². The van der Waals surface area contributed by atoms with Gasteiger partial charge in [0.25, 0.3) is 0 Å². The van der Waals surface area contributed by atoms with E-state index in [2.05, 4.69) is 77.5 Å². The van der Waals surface area contributed by atoms with Gasteiger partial charge in [0.2, 0.25) is 0 Å². The predicted molar refractivity (Wildman–Crippen MR) is 135 cm³/mol. The van der Waals surface area contributed by atoms with Crippen LogP contribution in [0.4, 0.5) is 0 Å². The van der Waals surface area contributed by atoms with Gasteiger partial charge in [-0.05, 0) is 85.8 Å². The average Bonchev–Trinajstić information content (AvgIpc) is 2.73. The van der Waals surface area contributed by atoms with E-state index >= 15 is 0 Å². The molecule has 0 N–H and O–H groups in total. The molecule has 3 rings (SSSR count). The minimum Gasteiger partial charge on any atom is -0.264 e. The van der Waals surface area contributed by atoms with Crippen LogP contribution in [0.1, 0.15) is 48.1 Å². The summed E-state index contributed by atoms with van der Waals surface area (Å²) in [6, 6.07) is 16.1. The second-order valence-electron chi connectivity index (χ2n) is 7.17. The highest BCUT2D eigenvalue weighted by Crippen LogP contribution is 2.20. The van der Waals surface area contributed by atoms with Gasteiger partial charge in [-0.1, -0.05) is 59.6 Å². The Morgan fingerprint density at radius 3 is 2.50 bits per heavy atom. The first-order valence-electron chi connectivity index (χ1n) is 9.98. The van der Waals surface area contributed by atoms with Crippen LogP contribution in [0.3, 0.4) is 0 Å². The number of benzene rings is 2. The van der Waals surface area contributed by atoms with E-state index in [0.29, 0.717) is 0 Å². The van der Waals surface area contributed by atoms with E-state index in [1.807, 2.05) is 31.2 Å². The molecule has 0 aliphatic carbocycles. The fraction of sp³-hybridized carbons (Fsp3) is 0.231. The summed E-state index contributed by atoms with van der Waals surface area (Å²) in [4.78, 5) is 8.66. The van der Waals surface area contributed by atoms with Gasteiger partial charge in [0.05, 0.1) is 5.70 Å².